The van der Waals surface area contributed by atoms with Crippen LogP contribution in [0.25, 0.3) is 0 Å². The molecule has 1 unspecified atom stereocenters. The predicted octanol–water partition coefficient (Wildman–Crippen LogP) is 5.76. The van der Waals surface area contributed by atoms with Crippen LogP contribution in [0.4, 0.5) is 4.79 Å². The van der Waals surface area contributed by atoms with E-state index in [1.165, 1.54) is 14.7 Å². The standard InChI is InChI=1S/C38H41N3O5/c1-27(2)24-32(38(46,30-20-12-6-13-21-30)31-22-14-7-15-23-31)39(3)35(42)33-34(36(43)44)41(26-29-18-10-5-11-19-29)37(45)40(33)25-28-16-8-4-9-17-28/h4-23,27,32-34,46H,24-26H2,1-3H3,(H,43,44)/t32?,33-,34+/m0/s1. The number of carboxylic acids is 1. The highest BCUT2D eigenvalue weighted by atomic mass is 16.4. The van der Waals surface area contributed by atoms with Crippen molar-refractivity contribution in [1.29, 1.82) is 0 Å². The molecule has 3 atom stereocenters. The van der Waals surface area contributed by atoms with Crippen molar-refractivity contribution < 1.29 is 24.6 Å². The van der Waals surface area contributed by atoms with Crippen LogP contribution < -0.4 is 0 Å². The van der Waals surface area contributed by atoms with Crippen molar-refractivity contribution in [2.45, 2.75) is 57.1 Å². The van der Waals surface area contributed by atoms with Gasteiger partial charge in [-0.3, -0.25) is 4.79 Å². The van der Waals surface area contributed by atoms with Crippen molar-refractivity contribution in [3.8, 4) is 0 Å². The molecule has 8 heteroatoms. The van der Waals surface area contributed by atoms with E-state index in [4.69, 9.17) is 0 Å². The molecule has 0 aliphatic carbocycles. The van der Waals surface area contributed by atoms with Crippen molar-refractivity contribution in [3.63, 3.8) is 0 Å². The number of aliphatic hydroxyl groups is 1. The average molecular weight is 620 g/mol. The Morgan fingerprint density at radius 3 is 1.50 bits per heavy atom. The minimum Gasteiger partial charge on any atom is -0.480 e. The third-order valence-electron chi connectivity index (χ3n) is 8.78. The number of benzene rings is 4. The van der Waals surface area contributed by atoms with Gasteiger partial charge in [0.1, 0.15) is 11.6 Å². The molecule has 2 N–H and O–H groups in total. The summed E-state index contributed by atoms with van der Waals surface area (Å²) in [4.78, 5) is 46.1. The SMILES string of the molecule is CC(C)CC(N(C)C(=O)[C@@H]1[C@H](C(=O)O)N(Cc2ccccc2)C(=O)N1Cc1ccccc1)C(O)(c1ccccc1)c1ccccc1. The molecule has 0 radical (unpaired) electrons. The van der Waals surface area contributed by atoms with E-state index < -0.39 is 41.6 Å². The largest absolute Gasteiger partial charge is 0.480 e. The number of urea groups is 1. The molecule has 0 saturated carbocycles. The Bertz CT molecular complexity index is 1580. The lowest BCUT2D eigenvalue weighted by Crippen LogP contribution is -2.59. The van der Waals surface area contributed by atoms with Crippen LogP contribution in [0.3, 0.4) is 0 Å². The summed E-state index contributed by atoms with van der Waals surface area (Å²) < 4.78 is 0. The van der Waals surface area contributed by atoms with Crippen molar-refractivity contribution >= 4 is 17.9 Å². The quantitative estimate of drug-likeness (QED) is 0.210. The zero-order valence-corrected chi connectivity index (χ0v) is 26.4. The highest BCUT2D eigenvalue weighted by Crippen LogP contribution is 2.39. The summed E-state index contributed by atoms with van der Waals surface area (Å²) in [5, 5.41) is 23.4. The van der Waals surface area contributed by atoms with Crippen LogP contribution in [0.2, 0.25) is 0 Å². The molecule has 8 nitrogen and oxygen atoms in total. The monoisotopic (exact) mass is 619 g/mol. The number of amides is 3. The van der Waals surface area contributed by atoms with Gasteiger partial charge >= 0.3 is 12.0 Å². The fourth-order valence-electron chi connectivity index (χ4n) is 6.53. The summed E-state index contributed by atoms with van der Waals surface area (Å²) in [5.74, 6) is -1.76. The molecular weight excluding hydrogens is 578 g/mol. The average Bonchev–Trinajstić information content (AvgIpc) is 3.34. The molecular formula is C38H41N3O5. The summed E-state index contributed by atoms with van der Waals surface area (Å²) in [6.07, 6.45) is 0.410. The Morgan fingerprint density at radius 2 is 1.11 bits per heavy atom. The van der Waals surface area contributed by atoms with Gasteiger partial charge in [0.25, 0.3) is 0 Å². The van der Waals surface area contributed by atoms with Gasteiger partial charge in [0.05, 0.1) is 6.04 Å². The summed E-state index contributed by atoms with van der Waals surface area (Å²) >= 11 is 0. The maximum atomic E-state index is 14.9. The number of likely N-dealkylation sites (N-methyl/N-ethyl adjacent to an activating group) is 1. The molecule has 0 aromatic heterocycles. The second kappa shape index (κ2) is 14.0. The predicted molar refractivity (Wildman–Crippen MR) is 176 cm³/mol. The molecule has 46 heavy (non-hydrogen) atoms. The van der Waals surface area contributed by atoms with E-state index >= 15 is 0 Å². The van der Waals surface area contributed by atoms with Gasteiger partial charge in [-0.1, -0.05) is 135 Å². The van der Waals surface area contributed by atoms with Crippen LogP contribution in [0.15, 0.2) is 121 Å². The first-order chi connectivity index (χ1) is 22.1. The molecule has 1 heterocycles. The highest BCUT2D eigenvalue weighted by molar-refractivity contribution is 5.98. The normalized spacial score (nSPS) is 17.3. The summed E-state index contributed by atoms with van der Waals surface area (Å²) in [6, 6.07) is 32.7. The van der Waals surface area contributed by atoms with Gasteiger partial charge in [0, 0.05) is 20.1 Å². The first-order valence-corrected chi connectivity index (χ1v) is 15.6. The second-order valence-electron chi connectivity index (χ2n) is 12.3. The number of carbonyl (C=O) groups excluding carboxylic acids is 2. The topological polar surface area (TPSA) is 101 Å². The van der Waals surface area contributed by atoms with Crippen LogP contribution in [-0.2, 0) is 28.3 Å². The lowest BCUT2D eigenvalue weighted by atomic mass is 9.76. The fraction of sp³-hybridized carbons (Fsp3) is 0.289. The maximum Gasteiger partial charge on any atom is 0.329 e. The Balaban J connectivity index is 1.61. The highest BCUT2D eigenvalue weighted by Gasteiger charge is 2.55. The molecule has 1 aliphatic rings. The van der Waals surface area contributed by atoms with Crippen LogP contribution in [0.5, 0.6) is 0 Å². The van der Waals surface area contributed by atoms with E-state index in [-0.39, 0.29) is 19.0 Å². The van der Waals surface area contributed by atoms with E-state index in [1.54, 1.807) is 7.05 Å². The lowest BCUT2D eigenvalue weighted by molar-refractivity contribution is -0.151. The molecule has 3 amide bonds. The van der Waals surface area contributed by atoms with Crippen molar-refractivity contribution in [1.82, 2.24) is 14.7 Å². The van der Waals surface area contributed by atoms with Gasteiger partial charge in [-0.2, -0.15) is 0 Å². The van der Waals surface area contributed by atoms with E-state index in [1.807, 2.05) is 135 Å². The number of hydrogen-bond donors (Lipinski definition) is 2. The second-order valence-corrected chi connectivity index (χ2v) is 12.3. The number of nitrogens with zero attached hydrogens (tertiary/aromatic N) is 3. The van der Waals surface area contributed by atoms with Gasteiger partial charge in [-0.25, -0.2) is 9.59 Å². The molecule has 1 aliphatic heterocycles. The third kappa shape index (κ3) is 6.53. The molecule has 0 bridgehead atoms. The van der Waals surface area contributed by atoms with Crippen molar-refractivity contribution in [3.05, 3.63) is 144 Å². The minimum atomic E-state index is -1.63. The van der Waals surface area contributed by atoms with Crippen LogP contribution in [-0.4, -0.2) is 68.0 Å². The molecule has 238 valence electrons. The minimum absolute atomic E-state index is 0.0306. The zero-order valence-electron chi connectivity index (χ0n) is 26.4. The van der Waals surface area contributed by atoms with Crippen molar-refractivity contribution in [2.24, 2.45) is 5.92 Å². The van der Waals surface area contributed by atoms with Gasteiger partial charge in [-0.15, -0.1) is 0 Å². The molecule has 4 aromatic rings. The van der Waals surface area contributed by atoms with Crippen LogP contribution in [0, 0.1) is 5.92 Å². The van der Waals surface area contributed by atoms with Gasteiger partial charge in [-0.05, 0) is 34.6 Å². The van der Waals surface area contributed by atoms with E-state index in [2.05, 4.69) is 0 Å². The smallest absolute Gasteiger partial charge is 0.329 e. The van der Waals surface area contributed by atoms with Gasteiger partial charge in [0.2, 0.25) is 5.91 Å². The number of rotatable bonds is 12. The number of hydrogen-bond acceptors (Lipinski definition) is 4. The van der Waals surface area contributed by atoms with Crippen molar-refractivity contribution in [2.75, 3.05) is 7.05 Å². The Morgan fingerprint density at radius 1 is 0.717 bits per heavy atom. The van der Waals surface area contributed by atoms with E-state index in [0.29, 0.717) is 17.5 Å². The van der Waals surface area contributed by atoms with Gasteiger partial charge < -0.3 is 24.9 Å². The number of carbonyl (C=O) groups is 3. The van der Waals surface area contributed by atoms with E-state index in [9.17, 15) is 24.6 Å². The molecule has 1 fully saturated rings. The Kier molecular flexibility index (Phi) is 9.87. The summed E-state index contributed by atoms with van der Waals surface area (Å²) in [6.45, 7) is 4.12. The van der Waals surface area contributed by atoms with Crippen LogP contribution >= 0.6 is 0 Å². The first-order valence-electron chi connectivity index (χ1n) is 15.6. The summed E-state index contributed by atoms with van der Waals surface area (Å²) in [7, 11) is 1.61. The van der Waals surface area contributed by atoms with Crippen LogP contribution in [0.1, 0.15) is 42.5 Å². The first kappa shape index (κ1) is 32.4. The summed E-state index contributed by atoms with van der Waals surface area (Å²) in [5.41, 5.74) is 1.10. The molecule has 5 rings (SSSR count). The third-order valence-corrected chi connectivity index (χ3v) is 8.78. The zero-order chi connectivity index (χ0) is 32.8. The lowest BCUT2D eigenvalue weighted by Gasteiger charge is -2.44. The number of aliphatic carboxylic acids is 1. The molecule has 4 aromatic carbocycles. The Labute approximate surface area is 270 Å². The number of carboxylic acid groups (broad SMARTS) is 1. The molecule has 1 saturated heterocycles. The maximum absolute atomic E-state index is 14.9. The van der Waals surface area contributed by atoms with Gasteiger partial charge in [0.15, 0.2) is 6.04 Å². The van der Waals surface area contributed by atoms with E-state index in [0.717, 1.165) is 11.1 Å². The Hall–Kier alpha value is -4.95. The molecule has 0 spiro atoms. The fourth-order valence-corrected chi connectivity index (χ4v) is 6.53.